The molecule has 0 saturated carbocycles. The molecule has 1 saturated heterocycles. The van der Waals surface area contributed by atoms with Crippen molar-refractivity contribution in [3.63, 3.8) is 0 Å². The van der Waals surface area contributed by atoms with Crippen molar-refractivity contribution in [2.45, 2.75) is 38.6 Å². The van der Waals surface area contributed by atoms with Crippen LogP contribution in [0.3, 0.4) is 0 Å². The lowest BCUT2D eigenvalue weighted by Gasteiger charge is -2.34. The third kappa shape index (κ3) is 1.63. The molecule has 2 heteroatoms. The summed E-state index contributed by atoms with van der Waals surface area (Å²) >= 11 is 0. The van der Waals surface area contributed by atoms with Gasteiger partial charge in [0.2, 0.25) is 0 Å². The zero-order valence-electron chi connectivity index (χ0n) is 9.12. The molecule has 78 valence electrons. The van der Waals surface area contributed by atoms with Crippen molar-refractivity contribution in [3.8, 4) is 0 Å². The van der Waals surface area contributed by atoms with Crippen molar-refractivity contribution in [2.75, 3.05) is 13.6 Å². The molecule has 2 nitrogen and oxygen atoms in total. The number of ketones is 1. The van der Waals surface area contributed by atoms with Gasteiger partial charge in [-0.15, -0.1) is 0 Å². The van der Waals surface area contributed by atoms with Gasteiger partial charge in [0.1, 0.15) is 0 Å². The molecule has 1 aliphatic carbocycles. The molecule has 0 aromatic rings. The Labute approximate surface area is 86.0 Å². The summed E-state index contributed by atoms with van der Waals surface area (Å²) in [5.74, 6) is 1.14. The fraction of sp³-hybridized carbons (Fsp3) is 0.750. The third-order valence-corrected chi connectivity index (χ3v) is 3.60. The Morgan fingerprint density at radius 2 is 2.36 bits per heavy atom. The number of hydrogen-bond donors (Lipinski definition) is 0. The van der Waals surface area contributed by atoms with Crippen LogP contribution in [0.15, 0.2) is 11.6 Å². The Hall–Kier alpha value is -0.630. The highest BCUT2D eigenvalue weighted by molar-refractivity contribution is 5.96. The Kier molecular flexibility index (Phi) is 2.73. The second kappa shape index (κ2) is 3.85. The van der Waals surface area contributed by atoms with Gasteiger partial charge in [0.25, 0.3) is 0 Å². The van der Waals surface area contributed by atoms with E-state index < -0.39 is 0 Å². The molecule has 0 N–H and O–H groups in total. The van der Waals surface area contributed by atoms with E-state index in [0.29, 0.717) is 18.2 Å². The second-order valence-electron chi connectivity index (χ2n) is 4.57. The first-order valence-electron chi connectivity index (χ1n) is 5.66. The lowest BCUT2D eigenvalue weighted by Crippen LogP contribution is -2.41. The van der Waals surface area contributed by atoms with Gasteiger partial charge in [-0.1, -0.05) is 13.0 Å². The maximum atomic E-state index is 11.8. The summed E-state index contributed by atoms with van der Waals surface area (Å²) < 4.78 is 0. The van der Waals surface area contributed by atoms with Crippen LogP contribution in [0.5, 0.6) is 0 Å². The maximum Gasteiger partial charge on any atom is 0.159 e. The number of hydrogen-bond acceptors (Lipinski definition) is 2. The Morgan fingerprint density at radius 1 is 1.57 bits per heavy atom. The standard InChI is InChI=1S/C12H19NO/c1-3-12(14)10-6-4-9-5-7-11(10)13(2)8-9/h6,9,11H,3-5,7-8H2,1-2H3/t9-,11-/m1/s1. The van der Waals surface area contributed by atoms with Crippen LogP contribution in [0, 0.1) is 5.92 Å². The summed E-state index contributed by atoms with van der Waals surface area (Å²) in [7, 11) is 2.15. The highest BCUT2D eigenvalue weighted by Crippen LogP contribution is 2.32. The van der Waals surface area contributed by atoms with E-state index in [9.17, 15) is 4.79 Å². The number of likely N-dealkylation sites (N-methyl/N-ethyl adjacent to an activating group) is 1. The molecule has 2 atom stereocenters. The van der Waals surface area contributed by atoms with Gasteiger partial charge in [-0.25, -0.2) is 0 Å². The van der Waals surface area contributed by atoms with E-state index >= 15 is 0 Å². The third-order valence-electron chi connectivity index (χ3n) is 3.60. The highest BCUT2D eigenvalue weighted by Gasteiger charge is 2.32. The maximum absolute atomic E-state index is 11.8. The van der Waals surface area contributed by atoms with Crippen molar-refractivity contribution in [3.05, 3.63) is 11.6 Å². The Bertz CT molecular complexity index is 269. The number of nitrogens with zero attached hydrogens (tertiary/aromatic N) is 1. The smallest absolute Gasteiger partial charge is 0.159 e. The van der Waals surface area contributed by atoms with Crippen LogP contribution >= 0.6 is 0 Å². The Morgan fingerprint density at radius 3 is 3.00 bits per heavy atom. The molecular formula is C12H19NO. The molecule has 0 aromatic carbocycles. The number of piperidine rings is 1. The number of fused-ring (bicyclic) bond motifs is 3. The fourth-order valence-electron chi connectivity index (χ4n) is 2.76. The van der Waals surface area contributed by atoms with Gasteiger partial charge in [0.05, 0.1) is 0 Å². The van der Waals surface area contributed by atoms with E-state index in [1.165, 1.54) is 19.4 Å². The molecule has 0 unspecified atom stereocenters. The molecule has 0 amide bonds. The van der Waals surface area contributed by atoms with E-state index in [4.69, 9.17) is 0 Å². The van der Waals surface area contributed by atoms with Crippen molar-refractivity contribution in [2.24, 2.45) is 5.92 Å². The molecule has 2 bridgehead atoms. The molecule has 3 aliphatic rings. The number of carbonyl (C=O) groups excluding carboxylic acids is 1. The minimum Gasteiger partial charge on any atom is -0.299 e. The van der Waals surface area contributed by atoms with Crippen LogP contribution in [-0.2, 0) is 4.79 Å². The predicted molar refractivity (Wildman–Crippen MR) is 57.1 cm³/mol. The van der Waals surface area contributed by atoms with Crippen molar-refractivity contribution < 1.29 is 4.79 Å². The molecule has 2 heterocycles. The van der Waals surface area contributed by atoms with Gasteiger partial charge in [0, 0.05) is 24.6 Å². The van der Waals surface area contributed by atoms with Crippen LogP contribution in [0.4, 0.5) is 0 Å². The van der Waals surface area contributed by atoms with Gasteiger partial charge < -0.3 is 0 Å². The summed E-state index contributed by atoms with van der Waals surface area (Å²) in [5, 5.41) is 0. The molecular weight excluding hydrogens is 174 g/mol. The average Bonchev–Trinajstić information content (AvgIpc) is 2.47. The molecule has 0 spiro atoms. The Balaban J connectivity index is 2.23. The van der Waals surface area contributed by atoms with Gasteiger partial charge in [-0.05, 0) is 32.2 Å². The number of Topliss-reactive ketones (excluding diaryl/α,β-unsaturated/α-hetero) is 1. The van der Waals surface area contributed by atoms with Gasteiger partial charge >= 0.3 is 0 Å². The lowest BCUT2D eigenvalue weighted by molar-refractivity contribution is -0.116. The average molecular weight is 193 g/mol. The number of rotatable bonds is 2. The van der Waals surface area contributed by atoms with Gasteiger partial charge in [-0.2, -0.15) is 0 Å². The molecule has 0 radical (unpaired) electrons. The van der Waals surface area contributed by atoms with Crippen LogP contribution in [-0.4, -0.2) is 30.3 Å². The zero-order valence-corrected chi connectivity index (χ0v) is 9.12. The first-order chi connectivity index (χ1) is 6.72. The van der Waals surface area contributed by atoms with Crippen molar-refractivity contribution >= 4 is 5.78 Å². The summed E-state index contributed by atoms with van der Waals surface area (Å²) in [4.78, 5) is 14.1. The van der Waals surface area contributed by atoms with E-state index in [0.717, 1.165) is 17.9 Å². The second-order valence-corrected chi connectivity index (χ2v) is 4.57. The molecule has 2 aliphatic heterocycles. The summed E-state index contributed by atoms with van der Waals surface area (Å²) in [5.41, 5.74) is 1.09. The minimum atomic E-state index is 0.351. The fourth-order valence-corrected chi connectivity index (χ4v) is 2.76. The summed E-state index contributed by atoms with van der Waals surface area (Å²) in [6.07, 6.45) is 6.45. The van der Waals surface area contributed by atoms with Gasteiger partial charge in [-0.3, -0.25) is 9.69 Å². The molecule has 1 fully saturated rings. The highest BCUT2D eigenvalue weighted by atomic mass is 16.1. The molecule has 0 aromatic heterocycles. The van der Waals surface area contributed by atoms with Gasteiger partial charge in [0.15, 0.2) is 5.78 Å². The molecule has 14 heavy (non-hydrogen) atoms. The topological polar surface area (TPSA) is 20.3 Å². The van der Waals surface area contributed by atoms with Crippen LogP contribution in [0.25, 0.3) is 0 Å². The van der Waals surface area contributed by atoms with Crippen LogP contribution in [0.2, 0.25) is 0 Å². The van der Waals surface area contributed by atoms with Crippen LogP contribution in [0.1, 0.15) is 32.6 Å². The normalized spacial score (nSPS) is 32.6. The summed E-state index contributed by atoms with van der Waals surface area (Å²) in [6, 6.07) is 0.418. The summed E-state index contributed by atoms with van der Waals surface area (Å²) in [6.45, 7) is 3.13. The lowest BCUT2D eigenvalue weighted by atomic mass is 9.91. The SMILES string of the molecule is CCC(=O)C1=CC[C@@H]2CC[C@H]1N(C)C2. The first-order valence-corrected chi connectivity index (χ1v) is 5.66. The zero-order chi connectivity index (χ0) is 10.1. The monoisotopic (exact) mass is 193 g/mol. The largest absolute Gasteiger partial charge is 0.299 e. The quantitative estimate of drug-likeness (QED) is 0.668. The molecule has 3 rings (SSSR count). The minimum absolute atomic E-state index is 0.351. The van der Waals surface area contributed by atoms with E-state index in [2.05, 4.69) is 18.0 Å². The number of carbonyl (C=O) groups is 1. The number of allylic oxidation sites excluding steroid dienone is 1. The van der Waals surface area contributed by atoms with E-state index in [1.807, 2.05) is 6.92 Å². The first kappa shape index (κ1) is 9.91. The van der Waals surface area contributed by atoms with E-state index in [-0.39, 0.29) is 0 Å². The van der Waals surface area contributed by atoms with E-state index in [1.54, 1.807) is 0 Å². The predicted octanol–water partition coefficient (Wildman–Crippen LogP) is 2.01. The van der Waals surface area contributed by atoms with Crippen molar-refractivity contribution in [1.82, 2.24) is 4.90 Å². The van der Waals surface area contributed by atoms with Crippen molar-refractivity contribution in [1.29, 1.82) is 0 Å². The van der Waals surface area contributed by atoms with Crippen LogP contribution < -0.4 is 0 Å².